The zero-order valence-corrected chi connectivity index (χ0v) is 22.2. The molecule has 0 amide bonds. The van der Waals surface area contributed by atoms with E-state index in [9.17, 15) is 8.42 Å². The number of benzene rings is 4. The second kappa shape index (κ2) is 10.8. The molecule has 5 aromatic rings. The minimum Gasteiger partial charge on any atom is -0.351 e. The maximum Gasteiger partial charge on any atom is 0.263 e. The molecule has 0 saturated carbocycles. The number of hydrogen-bond donors (Lipinski definition) is 1. The van der Waals surface area contributed by atoms with Gasteiger partial charge in [0.25, 0.3) is 10.0 Å². The van der Waals surface area contributed by atoms with E-state index in [1.54, 1.807) is 30.3 Å². The molecule has 7 nitrogen and oxygen atoms in total. The van der Waals surface area contributed by atoms with Gasteiger partial charge in [-0.2, -0.15) is 0 Å². The van der Waals surface area contributed by atoms with Crippen LogP contribution in [0.5, 0.6) is 0 Å². The van der Waals surface area contributed by atoms with Gasteiger partial charge in [0.1, 0.15) is 0 Å². The van der Waals surface area contributed by atoms with Crippen molar-refractivity contribution < 1.29 is 8.42 Å². The quantitative estimate of drug-likeness (QED) is 0.303. The number of nitrogens with one attached hydrogen (secondary N) is 1. The summed E-state index contributed by atoms with van der Waals surface area (Å²) in [6.45, 7) is 2.94. The Labute approximate surface area is 228 Å². The molecule has 0 spiro atoms. The lowest BCUT2D eigenvalue weighted by atomic mass is 9.96. The second-order valence-electron chi connectivity index (χ2n) is 9.55. The van der Waals surface area contributed by atoms with E-state index in [-0.39, 0.29) is 16.8 Å². The highest BCUT2D eigenvalue weighted by atomic mass is 32.2. The van der Waals surface area contributed by atoms with E-state index >= 15 is 0 Å². The van der Waals surface area contributed by atoms with Gasteiger partial charge in [-0.05, 0) is 35.4 Å². The van der Waals surface area contributed by atoms with Crippen molar-refractivity contribution in [2.75, 3.05) is 35.8 Å². The lowest BCUT2D eigenvalue weighted by Gasteiger charge is -2.40. The van der Waals surface area contributed by atoms with Gasteiger partial charge in [-0.15, -0.1) is 0 Å². The summed E-state index contributed by atoms with van der Waals surface area (Å²) in [7, 11) is -3.83. The van der Waals surface area contributed by atoms with Crippen LogP contribution in [0.3, 0.4) is 0 Å². The second-order valence-corrected chi connectivity index (χ2v) is 11.2. The SMILES string of the molecule is O=S(=O)(Nc1nc2ccccc2nc1N1CCN(C(c2ccccc2)c2ccccc2)CC1)c1ccccc1. The Hall–Kier alpha value is -4.27. The third-order valence-corrected chi connectivity index (χ3v) is 8.40. The molecule has 0 atom stereocenters. The van der Waals surface area contributed by atoms with Crippen molar-refractivity contribution in [1.82, 2.24) is 14.9 Å². The molecule has 1 saturated heterocycles. The summed E-state index contributed by atoms with van der Waals surface area (Å²) >= 11 is 0. The van der Waals surface area contributed by atoms with Gasteiger partial charge >= 0.3 is 0 Å². The molecule has 1 aliphatic rings. The number of para-hydroxylation sites is 2. The molecule has 0 unspecified atom stereocenters. The molecule has 1 fully saturated rings. The number of aromatic nitrogens is 2. The average Bonchev–Trinajstić information content (AvgIpc) is 2.99. The van der Waals surface area contributed by atoms with Gasteiger partial charge in [-0.3, -0.25) is 9.62 Å². The summed E-state index contributed by atoms with van der Waals surface area (Å²) in [5.41, 5.74) is 3.86. The Kier molecular flexibility index (Phi) is 6.96. The van der Waals surface area contributed by atoms with Gasteiger partial charge in [0.15, 0.2) is 11.6 Å². The van der Waals surface area contributed by atoms with Crippen molar-refractivity contribution >= 4 is 32.7 Å². The summed E-state index contributed by atoms with van der Waals surface area (Å²) in [6.07, 6.45) is 0. The fourth-order valence-electron chi connectivity index (χ4n) is 5.14. The Morgan fingerprint density at radius 2 is 1.10 bits per heavy atom. The topological polar surface area (TPSA) is 78.4 Å². The van der Waals surface area contributed by atoms with Crippen LogP contribution in [0, 0.1) is 0 Å². The first-order chi connectivity index (χ1) is 19.1. The van der Waals surface area contributed by atoms with E-state index in [2.05, 4.69) is 63.1 Å². The monoisotopic (exact) mass is 535 g/mol. The molecule has 2 heterocycles. The van der Waals surface area contributed by atoms with Crippen LogP contribution in [0.1, 0.15) is 17.2 Å². The van der Waals surface area contributed by atoms with Crippen LogP contribution in [-0.2, 0) is 10.0 Å². The molecule has 6 rings (SSSR count). The zero-order valence-electron chi connectivity index (χ0n) is 21.4. The number of fused-ring (bicyclic) bond motifs is 1. The van der Waals surface area contributed by atoms with Crippen molar-refractivity contribution in [2.45, 2.75) is 10.9 Å². The number of sulfonamides is 1. The minimum absolute atomic E-state index is 0.133. The maximum absolute atomic E-state index is 13.2. The normalized spacial score (nSPS) is 14.5. The number of nitrogens with zero attached hydrogens (tertiary/aromatic N) is 4. The molecule has 0 bridgehead atoms. The van der Waals surface area contributed by atoms with E-state index in [0.29, 0.717) is 24.4 Å². The van der Waals surface area contributed by atoms with Crippen LogP contribution < -0.4 is 9.62 Å². The standard InChI is InChI=1S/C31H29N5O2S/c37-39(38,26-16-8-3-9-17-26)34-30-31(33-28-19-11-10-18-27(28)32-30)36-22-20-35(21-23-36)29(24-12-4-1-5-13-24)25-14-6-2-7-15-25/h1-19,29H,20-23H2,(H,32,34). The number of piperazine rings is 1. The van der Waals surface area contributed by atoms with Gasteiger partial charge in [0.2, 0.25) is 0 Å². The molecular formula is C31H29N5O2S. The summed E-state index contributed by atoms with van der Waals surface area (Å²) in [6, 6.07) is 37.1. The van der Waals surface area contributed by atoms with Gasteiger partial charge in [0, 0.05) is 26.2 Å². The van der Waals surface area contributed by atoms with Crippen molar-refractivity contribution in [1.29, 1.82) is 0 Å². The Morgan fingerprint density at radius 3 is 1.67 bits per heavy atom. The maximum atomic E-state index is 13.2. The summed E-state index contributed by atoms with van der Waals surface area (Å²) in [5.74, 6) is 0.789. The van der Waals surface area contributed by atoms with Crippen LogP contribution in [0.2, 0.25) is 0 Å². The predicted molar refractivity (Wildman–Crippen MR) is 155 cm³/mol. The van der Waals surface area contributed by atoms with Crippen LogP contribution in [-0.4, -0.2) is 49.5 Å². The van der Waals surface area contributed by atoms with E-state index in [4.69, 9.17) is 9.97 Å². The van der Waals surface area contributed by atoms with Crippen LogP contribution in [0.25, 0.3) is 11.0 Å². The highest BCUT2D eigenvalue weighted by Gasteiger charge is 2.29. The highest BCUT2D eigenvalue weighted by molar-refractivity contribution is 7.92. The number of hydrogen-bond acceptors (Lipinski definition) is 6. The minimum atomic E-state index is -3.83. The molecule has 0 aliphatic carbocycles. The molecule has 8 heteroatoms. The van der Waals surface area contributed by atoms with Crippen molar-refractivity contribution in [3.8, 4) is 0 Å². The molecular weight excluding hydrogens is 506 g/mol. The fraction of sp³-hybridized carbons (Fsp3) is 0.161. The first-order valence-electron chi connectivity index (χ1n) is 13.0. The molecule has 1 N–H and O–H groups in total. The van der Waals surface area contributed by atoms with Crippen LogP contribution in [0.4, 0.5) is 11.6 Å². The van der Waals surface area contributed by atoms with Gasteiger partial charge < -0.3 is 4.90 Å². The van der Waals surface area contributed by atoms with Gasteiger partial charge in [-0.1, -0.05) is 91.0 Å². The molecule has 1 aromatic heterocycles. The van der Waals surface area contributed by atoms with Crippen LogP contribution >= 0.6 is 0 Å². The van der Waals surface area contributed by atoms with Crippen LogP contribution in [0.15, 0.2) is 120 Å². The molecule has 4 aromatic carbocycles. The van der Waals surface area contributed by atoms with E-state index in [1.807, 2.05) is 36.4 Å². The lowest BCUT2D eigenvalue weighted by molar-refractivity contribution is 0.212. The van der Waals surface area contributed by atoms with Crippen molar-refractivity contribution in [3.05, 3.63) is 126 Å². The summed E-state index contributed by atoms with van der Waals surface area (Å²) < 4.78 is 29.2. The van der Waals surface area contributed by atoms with Gasteiger partial charge in [-0.25, -0.2) is 18.4 Å². The van der Waals surface area contributed by atoms with Gasteiger partial charge in [0.05, 0.1) is 22.0 Å². The largest absolute Gasteiger partial charge is 0.351 e. The highest BCUT2D eigenvalue weighted by Crippen LogP contribution is 2.32. The number of rotatable bonds is 7. The first-order valence-corrected chi connectivity index (χ1v) is 14.5. The predicted octanol–water partition coefficient (Wildman–Crippen LogP) is 5.34. The fourth-order valence-corrected chi connectivity index (χ4v) is 6.17. The van der Waals surface area contributed by atoms with E-state index < -0.39 is 10.0 Å². The average molecular weight is 536 g/mol. The molecule has 196 valence electrons. The lowest BCUT2D eigenvalue weighted by Crippen LogP contribution is -2.48. The summed E-state index contributed by atoms with van der Waals surface area (Å²) in [5, 5.41) is 0. The van der Waals surface area contributed by atoms with E-state index in [1.165, 1.54) is 11.1 Å². The zero-order chi connectivity index (χ0) is 26.7. The summed E-state index contributed by atoms with van der Waals surface area (Å²) in [4.78, 5) is 14.4. The number of anilines is 2. The third kappa shape index (κ3) is 5.34. The van der Waals surface area contributed by atoms with E-state index in [0.717, 1.165) is 18.6 Å². The smallest absolute Gasteiger partial charge is 0.263 e. The third-order valence-electron chi connectivity index (χ3n) is 7.05. The molecule has 39 heavy (non-hydrogen) atoms. The first kappa shape index (κ1) is 25.0. The Balaban J connectivity index is 1.31. The Morgan fingerprint density at radius 1 is 0.615 bits per heavy atom. The Bertz CT molecular complexity index is 1620. The van der Waals surface area contributed by atoms with Crippen molar-refractivity contribution in [3.63, 3.8) is 0 Å². The van der Waals surface area contributed by atoms with Crippen molar-refractivity contribution in [2.24, 2.45) is 0 Å². The molecule has 1 aliphatic heterocycles. The molecule has 0 radical (unpaired) electrons.